The lowest BCUT2D eigenvalue weighted by Crippen LogP contribution is -2.38. The monoisotopic (exact) mass is 416 g/mol. The van der Waals surface area contributed by atoms with Crippen LogP contribution >= 0.6 is 0 Å². The van der Waals surface area contributed by atoms with Crippen molar-refractivity contribution in [2.45, 2.75) is 44.1 Å². The standard InChI is InChI=1S/C20H22F2N6O2/c21-19(22)30-16-3-11(6-24-18(16)23)15-5-17(27-8-14-4-13(27)9-29-14)26-20(25-15)28-7-10-1-12(28)2-10/h3,5-6,10,12-14,19H,1-2,4,7-9H2,(H2,23,24)/t10?,12?,13-,14-/m1/s1. The number of morpholine rings is 1. The number of rotatable bonds is 5. The highest BCUT2D eigenvalue weighted by molar-refractivity contribution is 5.68. The SMILES string of the molecule is Nc1ncc(-c2cc(N3C[C@H]4C[C@@H]3CO4)nc(N3CC4CC3C4)n2)cc1OC(F)F. The van der Waals surface area contributed by atoms with E-state index in [1.807, 2.05) is 6.07 Å². The van der Waals surface area contributed by atoms with E-state index in [1.54, 1.807) is 0 Å². The topological polar surface area (TPSA) is 89.6 Å². The highest BCUT2D eigenvalue weighted by Gasteiger charge is 2.45. The summed E-state index contributed by atoms with van der Waals surface area (Å²) in [7, 11) is 0. The molecule has 0 radical (unpaired) electrons. The van der Waals surface area contributed by atoms with Crippen LogP contribution in [-0.4, -0.2) is 59.4 Å². The Morgan fingerprint density at radius 2 is 1.97 bits per heavy atom. The van der Waals surface area contributed by atoms with Gasteiger partial charge < -0.3 is 25.0 Å². The van der Waals surface area contributed by atoms with Crippen LogP contribution in [0.2, 0.25) is 0 Å². The molecule has 10 heteroatoms. The van der Waals surface area contributed by atoms with Gasteiger partial charge in [0.2, 0.25) is 5.95 Å². The Hall–Kier alpha value is -2.75. The molecule has 0 aromatic carbocycles. The van der Waals surface area contributed by atoms with Gasteiger partial charge in [-0.1, -0.05) is 0 Å². The molecule has 4 bridgehead atoms. The van der Waals surface area contributed by atoms with Crippen LogP contribution in [0.15, 0.2) is 18.3 Å². The number of ether oxygens (including phenoxy) is 2. The molecule has 2 aromatic heterocycles. The lowest BCUT2D eigenvalue weighted by Gasteiger charge is -2.30. The zero-order valence-electron chi connectivity index (χ0n) is 16.2. The summed E-state index contributed by atoms with van der Waals surface area (Å²) in [6.45, 7) is -0.518. The largest absolute Gasteiger partial charge is 0.431 e. The highest BCUT2D eigenvalue weighted by Crippen LogP contribution is 2.43. The molecule has 7 rings (SSSR count). The Morgan fingerprint density at radius 1 is 1.10 bits per heavy atom. The third kappa shape index (κ3) is 2.92. The zero-order valence-corrected chi connectivity index (χ0v) is 16.2. The summed E-state index contributed by atoms with van der Waals surface area (Å²) in [6, 6.07) is 4.15. The Labute approximate surface area is 172 Å². The molecule has 6 heterocycles. The molecule has 5 aliphatic rings. The molecule has 1 aliphatic carbocycles. The maximum absolute atomic E-state index is 12.7. The van der Waals surface area contributed by atoms with Gasteiger partial charge in [-0.3, -0.25) is 0 Å². The van der Waals surface area contributed by atoms with Crippen molar-refractivity contribution < 1.29 is 18.3 Å². The molecule has 4 aliphatic heterocycles. The summed E-state index contributed by atoms with van der Waals surface area (Å²) in [5.74, 6) is 2.00. The fraction of sp³-hybridized carbons (Fsp3) is 0.550. The second kappa shape index (κ2) is 6.63. The molecule has 1 saturated carbocycles. The van der Waals surface area contributed by atoms with Crippen LogP contribution < -0.4 is 20.3 Å². The smallest absolute Gasteiger partial charge is 0.387 e. The maximum Gasteiger partial charge on any atom is 0.387 e. The zero-order chi connectivity index (χ0) is 20.4. The van der Waals surface area contributed by atoms with Gasteiger partial charge in [0.1, 0.15) is 5.82 Å². The molecule has 0 unspecified atom stereocenters. The molecular weight excluding hydrogens is 394 g/mol. The molecule has 2 aromatic rings. The molecule has 158 valence electrons. The van der Waals surface area contributed by atoms with E-state index in [1.165, 1.54) is 25.1 Å². The van der Waals surface area contributed by atoms with E-state index >= 15 is 0 Å². The molecule has 0 spiro atoms. The number of halogens is 2. The second-order valence-corrected chi connectivity index (χ2v) is 8.54. The third-order valence-corrected chi connectivity index (χ3v) is 6.65. The first-order chi connectivity index (χ1) is 14.5. The van der Waals surface area contributed by atoms with Crippen molar-refractivity contribution in [2.75, 3.05) is 35.2 Å². The number of hydrogen-bond donors (Lipinski definition) is 1. The van der Waals surface area contributed by atoms with Gasteiger partial charge in [-0.2, -0.15) is 13.8 Å². The van der Waals surface area contributed by atoms with E-state index in [0.29, 0.717) is 41.8 Å². The molecular formula is C20H22F2N6O2. The lowest BCUT2D eigenvalue weighted by atomic mass is 9.86. The van der Waals surface area contributed by atoms with Gasteiger partial charge in [-0.25, -0.2) is 9.97 Å². The molecule has 5 fully saturated rings. The van der Waals surface area contributed by atoms with Crippen LogP contribution in [0.3, 0.4) is 0 Å². The number of alkyl halides is 2. The predicted octanol–water partition coefficient (Wildman–Crippen LogP) is 2.30. The Morgan fingerprint density at radius 3 is 2.63 bits per heavy atom. The minimum absolute atomic E-state index is 0.0806. The number of hydrogen-bond acceptors (Lipinski definition) is 8. The quantitative estimate of drug-likeness (QED) is 0.794. The number of pyridine rings is 1. The molecule has 30 heavy (non-hydrogen) atoms. The predicted molar refractivity (Wildman–Crippen MR) is 106 cm³/mol. The van der Waals surface area contributed by atoms with Crippen LogP contribution in [0.4, 0.5) is 26.4 Å². The van der Waals surface area contributed by atoms with Crippen molar-refractivity contribution in [1.29, 1.82) is 0 Å². The van der Waals surface area contributed by atoms with Crippen LogP contribution in [0, 0.1) is 5.92 Å². The average Bonchev–Trinajstić information content (AvgIpc) is 3.48. The summed E-state index contributed by atoms with van der Waals surface area (Å²) < 4.78 is 35.8. The Bertz CT molecular complexity index is 986. The number of nitrogens with zero attached hydrogens (tertiary/aromatic N) is 5. The number of fused-ring (bicyclic) bond motifs is 3. The first-order valence-corrected chi connectivity index (χ1v) is 10.3. The third-order valence-electron chi connectivity index (χ3n) is 6.65. The van der Waals surface area contributed by atoms with Crippen molar-refractivity contribution >= 4 is 17.6 Å². The molecule has 2 N–H and O–H groups in total. The lowest BCUT2D eigenvalue weighted by molar-refractivity contribution is -0.0494. The first-order valence-electron chi connectivity index (χ1n) is 10.3. The van der Waals surface area contributed by atoms with E-state index < -0.39 is 6.61 Å². The minimum atomic E-state index is -2.97. The Balaban J connectivity index is 1.41. The van der Waals surface area contributed by atoms with Gasteiger partial charge in [0.25, 0.3) is 0 Å². The first kappa shape index (κ1) is 18.1. The van der Waals surface area contributed by atoms with Crippen LogP contribution in [0.1, 0.15) is 19.3 Å². The number of aromatic nitrogens is 3. The molecule has 2 atom stereocenters. The fourth-order valence-electron chi connectivity index (χ4n) is 5.09. The van der Waals surface area contributed by atoms with E-state index in [-0.39, 0.29) is 17.7 Å². The second-order valence-electron chi connectivity index (χ2n) is 8.54. The Kier molecular flexibility index (Phi) is 3.99. The van der Waals surface area contributed by atoms with Gasteiger partial charge in [0, 0.05) is 37.0 Å². The summed E-state index contributed by atoms with van der Waals surface area (Å²) in [5.41, 5.74) is 6.89. The summed E-state index contributed by atoms with van der Waals surface area (Å²) in [5, 5.41) is 0. The number of nitrogens with two attached hydrogens (primary N) is 1. The summed E-state index contributed by atoms with van der Waals surface area (Å²) >= 11 is 0. The van der Waals surface area contributed by atoms with Gasteiger partial charge >= 0.3 is 6.61 Å². The molecule has 4 saturated heterocycles. The van der Waals surface area contributed by atoms with Gasteiger partial charge in [0.05, 0.1) is 24.4 Å². The number of nitrogen functional groups attached to an aromatic ring is 1. The van der Waals surface area contributed by atoms with Crippen LogP contribution in [-0.2, 0) is 4.74 Å². The van der Waals surface area contributed by atoms with Crippen molar-refractivity contribution in [1.82, 2.24) is 15.0 Å². The van der Waals surface area contributed by atoms with Crippen molar-refractivity contribution in [3.63, 3.8) is 0 Å². The van der Waals surface area contributed by atoms with Crippen LogP contribution in [0.5, 0.6) is 5.75 Å². The minimum Gasteiger partial charge on any atom is -0.431 e. The van der Waals surface area contributed by atoms with Gasteiger partial charge in [0.15, 0.2) is 11.6 Å². The highest BCUT2D eigenvalue weighted by atomic mass is 19.3. The van der Waals surface area contributed by atoms with Crippen molar-refractivity contribution in [2.24, 2.45) is 5.92 Å². The number of anilines is 3. The van der Waals surface area contributed by atoms with Crippen LogP contribution in [0.25, 0.3) is 11.3 Å². The normalized spacial score (nSPS) is 29.0. The van der Waals surface area contributed by atoms with Gasteiger partial charge in [-0.05, 0) is 31.2 Å². The van der Waals surface area contributed by atoms with E-state index in [0.717, 1.165) is 25.3 Å². The van der Waals surface area contributed by atoms with E-state index in [9.17, 15) is 8.78 Å². The van der Waals surface area contributed by atoms with Gasteiger partial charge in [-0.15, -0.1) is 0 Å². The molecule has 8 nitrogen and oxygen atoms in total. The molecule has 0 amide bonds. The summed E-state index contributed by atoms with van der Waals surface area (Å²) in [6.07, 6.45) is 5.13. The van der Waals surface area contributed by atoms with E-state index in [2.05, 4.69) is 19.5 Å². The summed E-state index contributed by atoms with van der Waals surface area (Å²) in [4.78, 5) is 18.2. The van der Waals surface area contributed by atoms with Crippen molar-refractivity contribution in [3.8, 4) is 17.0 Å². The van der Waals surface area contributed by atoms with E-state index in [4.69, 9.17) is 20.4 Å². The maximum atomic E-state index is 12.7. The average molecular weight is 416 g/mol. The fourth-order valence-corrected chi connectivity index (χ4v) is 5.09. The van der Waals surface area contributed by atoms with Crippen molar-refractivity contribution in [3.05, 3.63) is 18.3 Å².